The first-order valence-electron chi connectivity index (χ1n) is 15.7. The highest BCUT2D eigenvalue weighted by molar-refractivity contribution is 5.88. The maximum atomic E-state index is 14.4. The molecule has 1 saturated heterocycles. The number of rotatable bonds is 12. The predicted octanol–water partition coefficient (Wildman–Crippen LogP) is 4.23. The Labute approximate surface area is 294 Å². The second kappa shape index (κ2) is 15.9. The quantitative estimate of drug-likeness (QED) is 0.140. The normalized spacial score (nSPS) is 17.6. The number of amides is 3. The van der Waals surface area contributed by atoms with Crippen LogP contribution < -0.4 is 15.7 Å². The Bertz CT molecular complexity index is 1960. The highest BCUT2D eigenvalue weighted by Gasteiger charge is 2.59. The van der Waals surface area contributed by atoms with Crippen molar-refractivity contribution in [2.24, 2.45) is 0 Å². The van der Waals surface area contributed by atoms with Crippen molar-refractivity contribution in [1.29, 1.82) is 0 Å². The lowest BCUT2D eigenvalue weighted by Gasteiger charge is -2.23. The number of aliphatic hydroxyl groups is 2. The third-order valence-electron chi connectivity index (χ3n) is 8.08. The molecule has 3 amide bonds. The van der Waals surface area contributed by atoms with Crippen LogP contribution >= 0.6 is 0 Å². The van der Waals surface area contributed by atoms with Gasteiger partial charge in [-0.3, -0.25) is 20.0 Å². The zero-order valence-electron chi connectivity index (χ0n) is 27.8. The molecule has 1 aromatic heterocycles. The van der Waals surface area contributed by atoms with Gasteiger partial charge >= 0.3 is 29.4 Å². The van der Waals surface area contributed by atoms with Crippen molar-refractivity contribution in [2.75, 3.05) is 39.1 Å². The number of alkyl halides is 2. The number of ether oxygens (including phenoxy) is 3. The number of nitrogens with zero attached hydrogens (tertiary/aromatic N) is 5. The average Bonchev–Trinajstić information content (AvgIpc) is 3.36. The lowest BCUT2D eigenvalue weighted by Crippen LogP contribution is -2.42. The molecule has 5 rings (SSSR count). The molecule has 16 nitrogen and oxygen atoms in total. The van der Waals surface area contributed by atoms with Crippen LogP contribution in [-0.2, 0) is 16.1 Å². The first-order valence-corrected chi connectivity index (χ1v) is 15.7. The number of likely N-dealkylation sites (N-methyl/N-ethyl adjacent to an activating group) is 2. The summed E-state index contributed by atoms with van der Waals surface area (Å²) >= 11 is 0. The molecular weight excluding hydrogens is 690 g/mol. The van der Waals surface area contributed by atoms with Gasteiger partial charge in [0.05, 0.1) is 11.5 Å². The van der Waals surface area contributed by atoms with Gasteiger partial charge in [0.1, 0.15) is 24.3 Å². The summed E-state index contributed by atoms with van der Waals surface area (Å²) in [6, 6.07) is 21.1. The lowest BCUT2D eigenvalue weighted by molar-refractivity contribution is -0.385. The molecule has 0 radical (unpaired) electrons. The SMILES string of the molecule is CN(CCN(C)C(=O)OCc1ccc([N+](=O)[O-])c(Oc2ccc(-c3ccccc3)cc2)c1)C(=O)Nc1ccn([C@@H]2O[C@H](CO)[C@@H](O)C2(F)F)c(=O)n1. The van der Waals surface area contributed by atoms with Crippen molar-refractivity contribution in [2.45, 2.75) is 31.0 Å². The Morgan fingerprint density at radius 2 is 1.71 bits per heavy atom. The number of carbonyl (C=O) groups excluding carboxylic acids is 2. The summed E-state index contributed by atoms with van der Waals surface area (Å²) in [6.45, 7) is -1.13. The molecule has 1 fully saturated rings. The molecule has 4 aromatic rings. The third-order valence-corrected chi connectivity index (χ3v) is 8.08. The van der Waals surface area contributed by atoms with E-state index in [0.717, 1.165) is 23.4 Å². The van der Waals surface area contributed by atoms with Crippen molar-refractivity contribution >= 4 is 23.6 Å². The standard InChI is InChI=1S/C34H34F2N6O10/c1-39(31(45)37-28-14-15-41(32(46)38-28)30-34(35,36)29(44)27(19-43)52-30)16-17-40(2)33(47)50-20-21-8-13-25(42(48)49)26(18-21)51-24-11-9-23(10-12-24)22-6-4-3-5-7-22/h3-15,18,27,29-30,43-44H,16-17,19-20H2,1-2H3,(H,37,38,45,46)/t27-,29-,30-/m1/s1. The molecule has 3 aromatic carbocycles. The van der Waals surface area contributed by atoms with Crippen LogP contribution in [0.25, 0.3) is 11.1 Å². The minimum atomic E-state index is -3.90. The second-order valence-corrected chi connectivity index (χ2v) is 11.7. The van der Waals surface area contributed by atoms with E-state index in [9.17, 15) is 38.4 Å². The zero-order chi connectivity index (χ0) is 37.6. The van der Waals surface area contributed by atoms with E-state index in [4.69, 9.17) is 19.3 Å². The number of nitro benzene ring substituents is 1. The largest absolute Gasteiger partial charge is 0.450 e. The second-order valence-electron chi connectivity index (χ2n) is 11.7. The number of halogens is 2. The molecule has 1 aliphatic rings. The Balaban J connectivity index is 1.12. The number of nitrogens with one attached hydrogen (secondary N) is 1. The minimum absolute atomic E-state index is 0.00431. The summed E-state index contributed by atoms with van der Waals surface area (Å²) in [7, 11) is 2.82. The molecule has 0 unspecified atom stereocenters. The molecule has 1 aliphatic heterocycles. The number of anilines is 1. The average molecular weight is 725 g/mol. The van der Waals surface area contributed by atoms with Gasteiger partial charge in [0.15, 0.2) is 6.10 Å². The Kier molecular flexibility index (Phi) is 11.4. The number of hydrogen-bond donors (Lipinski definition) is 3. The van der Waals surface area contributed by atoms with Gasteiger partial charge < -0.3 is 34.2 Å². The number of benzene rings is 3. The monoisotopic (exact) mass is 724 g/mol. The Hall–Kier alpha value is -5.98. The summed E-state index contributed by atoms with van der Waals surface area (Å²) in [4.78, 5) is 54.8. The third kappa shape index (κ3) is 8.48. The van der Waals surface area contributed by atoms with E-state index in [1.54, 1.807) is 12.1 Å². The van der Waals surface area contributed by atoms with Gasteiger partial charge in [0.25, 0.3) is 0 Å². The van der Waals surface area contributed by atoms with E-state index in [-0.39, 0.29) is 37.0 Å². The van der Waals surface area contributed by atoms with Crippen LogP contribution in [0.1, 0.15) is 11.8 Å². The van der Waals surface area contributed by atoms with E-state index >= 15 is 0 Å². The fourth-order valence-corrected chi connectivity index (χ4v) is 5.09. The molecule has 0 spiro atoms. The molecule has 3 N–H and O–H groups in total. The molecule has 274 valence electrons. The van der Waals surface area contributed by atoms with E-state index in [0.29, 0.717) is 15.9 Å². The molecule has 18 heteroatoms. The summed E-state index contributed by atoms with van der Waals surface area (Å²) in [5.74, 6) is -3.84. The summed E-state index contributed by atoms with van der Waals surface area (Å²) in [5, 5.41) is 32.9. The van der Waals surface area contributed by atoms with Crippen molar-refractivity contribution in [3.63, 3.8) is 0 Å². The number of aromatic nitrogens is 2. The number of hydrogen-bond acceptors (Lipinski definition) is 11. The van der Waals surface area contributed by atoms with E-state index in [2.05, 4.69) is 10.3 Å². The van der Waals surface area contributed by atoms with Gasteiger partial charge in [0, 0.05) is 39.4 Å². The summed E-state index contributed by atoms with van der Waals surface area (Å²) < 4.78 is 45.4. The highest BCUT2D eigenvalue weighted by atomic mass is 19.3. The van der Waals surface area contributed by atoms with Crippen LogP contribution in [0, 0.1) is 10.1 Å². The van der Waals surface area contributed by atoms with Gasteiger partial charge in [-0.15, -0.1) is 0 Å². The summed E-state index contributed by atoms with van der Waals surface area (Å²) in [6.07, 6.45) is -6.02. The van der Waals surface area contributed by atoms with Crippen molar-refractivity contribution < 1.29 is 47.7 Å². The molecule has 0 bridgehead atoms. The molecule has 0 aliphatic carbocycles. The zero-order valence-corrected chi connectivity index (χ0v) is 27.8. The number of nitro groups is 1. The smallest absolute Gasteiger partial charge is 0.409 e. The van der Waals surface area contributed by atoms with Gasteiger partial charge in [0.2, 0.25) is 12.0 Å². The fourth-order valence-electron chi connectivity index (χ4n) is 5.09. The number of carbonyl (C=O) groups is 2. The van der Waals surface area contributed by atoms with Crippen LogP contribution in [0.5, 0.6) is 11.5 Å². The van der Waals surface area contributed by atoms with Gasteiger partial charge in [-0.25, -0.2) is 14.4 Å². The maximum Gasteiger partial charge on any atom is 0.409 e. The highest BCUT2D eigenvalue weighted by Crippen LogP contribution is 2.42. The molecule has 3 atom stereocenters. The van der Waals surface area contributed by atoms with Crippen LogP contribution in [0.15, 0.2) is 89.9 Å². The molecular formula is C34H34F2N6O10. The van der Waals surface area contributed by atoms with Crippen molar-refractivity contribution in [1.82, 2.24) is 19.4 Å². The minimum Gasteiger partial charge on any atom is -0.450 e. The maximum absolute atomic E-state index is 14.4. The molecule has 52 heavy (non-hydrogen) atoms. The number of aliphatic hydroxyl groups excluding tert-OH is 2. The van der Waals surface area contributed by atoms with E-state index in [1.807, 2.05) is 42.5 Å². The van der Waals surface area contributed by atoms with Crippen LogP contribution in [0.4, 0.5) is 29.9 Å². The predicted molar refractivity (Wildman–Crippen MR) is 180 cm³/mol. The number of urea groups is 1. The Morgan fingerprint density at radius 1 is 1.04 bits per heavy atom. The fraction of sp³-hybridized carbons (Fsp3) is 0.294. The van der Waals surface area contributed by atoms with Crippen molar-refractivity contribution in [3.8, 4) is 22.6 Å². The molecule has 2 heterocycles. The van der Waals surface area contributed by atoms with Crippen LogP contribution in [0.2, 0.25) is 0 Å². The van der Waals surface area contributed by atoms with Gasteiger partial charge in [-0.2, -0.15) is 13.8 Å². The van der Waals surface area contributed by atoms with Gasteiger partial charge in [-0.05, 0) is 47.0 Å². The van der Waals surface area contributed by atoms with Crippen LogP contribution in [-0.4, -0.2) is 98.5 Å². The van der Waals surface area contributed by atoms with Crippen LogP contribution in [0.3, 0.4) is 0 Å². The topological polar surface area (TPSA) is 199 Å². The first-order chi connectivity index (χ1) is 24.8. The van der Waals surface area contributed by atoms with E-state index < -0.39 is 53.7 Å². The molecule has 0 saturated carbocycles. The van der Waals surface area contributed by atoms with E-state index in [1.165, 1.54) is 42.1 Å². The lowest BCUT2D eigenvalue weighted by atomic mass is 10.1. The first kappa shape index (κ1) is 37.3. The van der Waals surface area contributed by atoms with Gasteiger partial charge in [-0.1, -0.05) is 42.5 Å². The summed E-state index contributed by atoms with van der Waals surface area (Å²) in [5.41, 5.74) is 0.865. The van der Waals surface area contributed by atoms with Crippen molar-refractivity contribution in [3.05, 3.63) is 111 Å². The Morgan fingerprint density at radius 3 is 2.35 bits per heavy atom.